The molecule has 0 atom stereocenters. The lowest BCUT2D eigenvalue weighted by atomic mass is 10.0. The lowest BCUT2D eigenvalue weighted by molar-refractivity contribution is 0.0936. The van der Waals surface area contributed by atoms with Crippen LogP contribution in [0.3, 0.4) is 0 Å². The molecule has 23 heavy (non-hydrogen) atoms. The fraction of sp³-hybridized carbons (Fsp3) is 0.0625. The molecule has 116 valence electrons. The Morgan fingerprint density at radius 2 is 1.70 bits per heavy atom. The van der Waals surface area contributed by atoms with Crippen LogP contribution >= 0.6 is 23.2 Å². The summed E-state index contributed by atoms with van der Waals surface area (Å²) in [5, 5.41) is 0.527. The van der Waals surface area contributed by atoms with Crippen LogP contribution in [0.25, 0.3) is 11.1 Å². The predicted molar refractivity (Wildman–Crippen MR) is 86.7 cm³/mol. The van der Waals surface area contributed by atoms with Crippen molar-refractivity contribution in [3.05, 3.63) is 69.2 Å². The topological polar surface area (TPSA) is 69.3 Å². The Hall–Kier alpha value is -2.37. The number of benzene rings is 2. The number of carbonyl (C=O) groups is 2. The SMILES string of the molecule is O=C(c1ccc(Cl)cc1)c1ccc2c(c1)oc(=O)n2C(=O)CCl. The van der Waals surface area contributed by atoms with Gasteiger partial charge in [-0.1, -0.05) is 11.6 Å². The summed E-state index contributed by atoms with van der Waals surface area (Å²) in [4.78, 5) is 35.8. The minimum Gasteiger partial charge on any atom is -0.407 e. The average molecular weight is 350 g/mol. The highest BCUT2D eigenvalue weighted by Crippen LogP contribution is 2.19. The zero-order valence-electron chi connectivity index (χ0n) is 11.6. The largest absolute Gasteiger partial charge is 0.426 e. The molecule has 0 saturated carbocycles. The summed E-state index contributed by atoms with van der Waals surface area (Å²) in [5.74, 6) is -2.02. The number of fused-ring (bicyclic) bond motifs is 1. The normalized spacial score (nSPS) is 10.9. The molecule has 1 aromatic heterocycles. The predicted octanol–water partition coefficient (Wildman–Crippen LogP) is 3.36. The van der Waals surface area contributed by atoms with E-state index < -0.39 is 11.7 Å². The Kier molecular flexibility index (Phi) is 4.07. The van der Waals surface area contributed by atoms with Crippen molar-refractivity contribution in [2.75, 3.05) is 5.88 Å². The first-order valence-corrected chi connectivity index (χ1v) is 7.47. The van der Waals surface area contributed by atoms with Crippen molar-refractivity contribution < 1.29 is 14.0 Å². The molecular formula is C16H9Cl2NO4. The zero-order chi connectivity index (χ0) is 16.6. The summed E-state index contributed by atoms with van der Waals surface area (Å²) in [6.07, 6.45) is 0. The van der Waals surface area contributed by atoms with Gasteiger partial charge in [-0.3, -0.25) is 9.59 Å². The van der Waals surface area contributed by atoms with Crippen LogP contribution in [0, 0.1) is 0 Å². The van der Waals surface area contributed by atoms with E-state index in [0.717, 1.165) is 4.57 Å². The van der Waals surface area contributed by atoms with E-state index in [9.17, 15) is 14.4 Å². The number of rotatable bonds is 3. The summed E-state index contributed by atoms with van der Waals surface area (Å²) in [6.45, 7) is 0. The van der Waals surface area contributed by atoms with Crippen molar-refractivity contribution in [1.82, 2.24) is 4.57 Å². The maximum Gasteiger partial charge on any atom is 0.426 e. The molecule has 0 radical (unpaired) electrons. The molecule has 2 aromatic carbocycles. The maximum atomic E-state index is 12.4. The van der Waals surface area contributed by atoms with Crippen LogP contribution in [-0.4, -0.2) is 22.1 Å². The highest BCUT2D eigenvalue weighted by Gasteiger charge is 2.17. The van der Waals surface area contributed by atoms with E-state index in [1.165, 1.54) is 18.2 Å². The van der Waals surface area contributed by atoms with Crippen LogP contribution in [-0.2, 0) is 0 Å². The smallest absolute Gasteiger partial charge is 0.407 e. The van der Waals surface area contributed by atoms with Gasteiger partial charge in [0.15, 0.2) is 11.4 Å². The van der Waals surface area contributed by atoms with Gasteiger partial charge in [-0.05, 0) is 42.5 Å². The third-order valence-electron chi connectivity index (χ3n) is 3.31. The molecule has 0 aliphatic carbocycles. The maximum absolute atomic E-state index is 12.4. The average Bonchev–Trinajstić information content (AvgIpc) is 2.89. The number of halogens is 2. The molecule has 3 aromatic rings. The molecule has 0 N–H and O–H groups in total. The van der Waals surface area contributed by atoms with Gasteiger partial charge in [-0.2, -0.15) is 0 Å². The van der Waals surface area contributed by atoms with Crippen molar-refractivity contribution in [3.63, 3.8) is 0 Å². The summed E-state index contributed by atoms with van der Waals surface area (Å²) in [7, 11) is 0. The number of carbonyl (C=O) groups excluding carboxylic acids is 2. The van der Waals surface area contributed by atoms with Crippen LogP contribution in [0.2, 0.25) is 5.02 Å². The molecular weight excluding hydrogens is 341 g/mol. The molecule has 1 heterocycles. The Bertz CT molecular complexity index is 970. The lowest BCUT2D eigenvalue weighted by Gasteiger charge is -2.02. The summed E-state index contributed by atoms with van der Waals surface area (Å²) >= 11 is 11.3. The second-order valence-corrected chi connectivity index (χ2v) is 5.45. The van der Waals surface area contributed by atoms with Crippen LogP contribution in [0.15, 0.2) is 51.7 Å². The lowest BCUT2D eigenvalue weighted by Crippen LogP contribution is -2.23. The standard InChI is InChI=1S/C16H9Cl2NO4/c17-8-14(20)19-12-6-3-10(7-13(12)23-16(19)22)15(21)9-1-4-11(18)5-2-9/h1-7H,8H2. The van der Waals surface area contributed by atoms with Crippen LogP contribution in [0.5, 0.6) is 0 Å². The van der Waals surface area contributed by atoms with Gasteiger partial charge in [0.2, 0.25) is 0 Å². The van der Waals surface area contributed by atoms with E-state index in [1.54, 1.807) is 24.3 Å². The first-order chi connectivity index (χ1) is 11.0. The van der Waals surface area contributed by atoms with Crippen molar-refractivity contribution in [1.29, 1.82) is 0 Å². The highest BCUT2D eigenvalue weighted by molar-refractivity contribution is 6.30. The minimum absolute atomic E-state index is 0.147. The van der Waals surface area contributed by atoms with Gasteiger partial charge in [-0.25, -0.2) is 9.36 Å². The molecule has 3 rings (SSSR count). The second kappa shape index (κ2) is 6.02. The van der Waals surface area contributed by atoms with E-state index in [1.807, 2.05) is 0 Å². The monoisotopic (exact) mass is 349 g/mol. The molecule has 5 nitrogen and oxygen atoms in total. The Balaban J connectivity index is 2.07. The van der Waals surface area contributed by atoms with Gasteiger partial charge in [0.25, 0.3) is 5.91 Å². The van der Waals surface area contributed by atoms with Crippen molar-refractivity contribution in [3.8, 4) is 0 Å². The van der Waals surface area contributed by atoms with Crippen molar-refractivity contribution in [2.45, 2.75) is 0 Å². The number of aromatic nitrogens is 1. The van der Waals surface area contributed by atoms with Gasteiger partial charge in [-0.15, -0.1) is 11.6 Å². The van der Waals surface area contributed by atoms with Crippen molar-refractivity contribution >= 4 is 46.0 Å². The van der Waals surface area contributed by atoms with Crippen LogP contribution in [0.4, 0.5) is 0 Å². The summed E-state index contributed by atoms with van der Waals surface area (Å²) in [6, 6.07) is 10.9. The quantitative estimate of drug-likeness (QED) is 0.537. The molecule has 0 saturated heterocycles. The molecule has 0 aliphatic rings. The molecule has 7 heteroatoms. The third-order valence-corrected chi connectivity index (χ3v) is 3.79. The van der Waals surface area contributed by atoms with E-state index >= 15 is 0 Å². The molecule has 0 unspecified atom stereocenters. The van der Waals surface area contributed by atoms with Gasteiger partial charge < -0.3 is 4.42 Å². The number of hydrogen-bond donors (Lipinski definition) is 0. The Labute approximate surface area is 140 Å². The van der Waals surface area contributed by atoms with Gasteiger partial charge in [0.1, 0.15) is 5.88 Å². The van der Waals surface area contributed by atoms with Gasteiger partial charge in [0.05, 0.1) is 5.52 Å². The summed E-state index contributed by atoms with van der Waals surface area (Å²) < 4.78 is 5.87. The van der Waals surface area contributed by atoms with E-state index in [-0.39, 0.29) is 22.8 Å². The Morgan fingerprint density at radius 3 is 2.35 bits per heavy atom. The third kappa shape index (κ3) is 2.81. The molecule has 0 fully saturated rings. The fourth-order valence-corrected chi connectivity index (χ4v) is 2.47. The van der Waals surface area contributed by atoms with Crippen molar-refractivity contribution in [2.24, 2.45) is 0 Å². The summed E-state index contributed by atoms with van der Waals surface area (Å²) in [5.41, 5.74) is 1.20. The number of ketones is 1. The second-order valence-electron chi connectivity index (χ2n) is 4.75. The molecule has 0 spiro atoms. The highest BCUT2D eigenvalue weighted by atomic mass is 35.5. The van der Waals surface area contributed by atoms with Crippen LogP contribution < -0.4 is 5.76 Å². The Morgan fingerprint density at radius 1 is 1.04 bits per heavy atom. The van der Waals surface area contributed by atoms with Crippen LogP contribution in [0.1, 0.15) is 20.7 Å². The van der Waals surface area contributed by atoms with E-state index in [0.29, 0.717) is 16.1 Å². The van der Waals surface area contributed by atoms with E-state index in [2.05, 4.69) is 0 Å². The fourth-order valence-electron chi connectivity index (χ4n) is 2.22. The number of nitrogens with zero attached hydrogens (tertiary/aromatic N) is 1. The first kappa shape index (κ1) is 15.5. The number of alkyl halides is 1. The van der Waals surface area contributed by atoms with Gasteiger partial charge in [0, 0.05) is 16.1 Å². The number of hydrogen-bond acceptors (Lipinski definition) is 4. The molecule has 0 bridgehead atoms. The zero-order valence-corrected chi connectivity index (χ0v) is 13.1. The van der Waals surface area contributed by atoms with Gasteiger partial charge >= 0.3 is 5.76 Å². The molecule has 0 aliphatic heterocycles. The first-order valence-electron chi connectivity index (χ1n) is 6.56. The minimum atomic E-state index is -0.832. The van der Waals surface area contributed by atoms with E-state index in [4.69, 9.17) is 27.6 Å². The molecule has 0 amide bonds. The number of oxazole rings is 1.